The summed E-state index contributed by atoms with van der Waals surface area (Å²) >= 11 is 0. The molecule has 0 unspecified atom stereocenters. The molecule has 0 fully saturated rings. The summed E-state index contributed by atoms with van der Waals surface area (Å²) in [5, 5.41) is 7.33. The first-order valence-electron chi connectivity index (χ1n) is 5.18. The highest BCUT2D eigenvalue weighted by atomic mass is 32.2. The van der Waals surface area contributed by atoms with Crippen molar-refractivity contribution in [1.82, 2.24) is 4.72 Å². The summed E-state index contributed by atoms with van der Waals surface area (Å²) in [6.45, 7) is 9.21. The van der Waals surface area contributed by atoms with E-state index in [4.69, 9.17) is 11.1 Å². The Bertz CT molecular complexity index is 353. The Labute approximate surface area is 98.4 Å². The van der Waals surface area contributed by atoms with Gasteiger partial charge < -0.3 is 5.73 Å². The van der Waals surface area contributed by atoms with Gasteiger partial charge in [0, 0.05) is 12.0 Å². The summed E-state index contributed by atoms with van der Waals surface area (Å²) in [4.78, 5) is 0. The maximum atomic E-state index is 11.7. The molecule has 0 spiro atoms. The normalized spacial score (nSPS) is 13.8. The van der Waals surface area contributed by atoms with Crippen LogP contribution < -0.4 is 10.5 Å². The van der Waals surface area contributed by atoms with E-state index in [9.17, 15) is 8.42 Å². The first-order chi connectivity index (χ1) is 6.86. The van der Waals surface area contributed by atoms with Crippen LogP contribution in [0, 0.1) is 16.2 Å². The maximum Gasteiger partial charge on any atom is 0.212 e. The molecule has 96 valence electrons. The molecule has 5 nitrogen and oxygen atoms in total. The zero-order chi connectivity index (χ0) is 13.2. The van der Waals surface area contributed by atoms with Gasteiger partial charge in [0.1, 0.15) is 0 Å². The number of sulfonamides is 1. The maximum absolute atomic E-state index is 11.7. The first kappa shape index (κ1) is 15.4. The van der Waals surface area contributed by atoms with E-state index in [2.05, 4.69) is 4.72 Å². The first-order valence-corrected chi connectivity index (χ1v) is 6.83. The summed E-state index contributed by atoms with van der Waals surface area (Å²) in [7, 11) is -3.31. The monoisotopic (exact) mass is 249 g/mol. The van der Waals surface area contributed by atoms with E-state index in [0.717, 1.165) is 0 Å². The molecule has 6 heteroatoms. The summed E-state index contributed by atoms with van der Waals surface area (Å²) in [6.07, 6.45) is 0. The van der Waals surface area contributed by atoms with Gasteiger partial charge in [-0.3, -0.25) is 5.41 Å². The molecule has 0 aromatic rings. The van der Waals surface area contributed by atoms with Crippen LogP contribution in [0.3, 0.4) is 0 Å². The van der Waals surface area contributed by atoms with Crippen molar-refractivity contribution in [2.45, 2.75) is 34.6 Å². The lowest BCUT2D eigenvalue weighted by molar-refractivity contribution is 0.448. The highest BCUT2D eigenvalue weighted by Gasteiger charge is 2.26. The molecule has 4 N–H and O–H groups in total. The Kier molecular flexibility index (Phi) is 4.53. The third-order valence-corrected chi connectivity index (χ3v) is 3.92. The number of hydrogen-bond donors (Lipinski definition) is 3. The minimum absolute atomic E-state index is 0.0223. The fourth-order valence-electron chi connectivity index (χ4n) is 1.01. The number of nitrogens with two attached hydrogens (primary N) is 1. The quantitative estimate of drug-likeness (QED) is 0.499. The molecule has 0 rings (SSSR count). The summed E-state index contributed by atoms with van der Waals surface area (Å²) in [5.74, 6) is 0.0412. The van der Waals surface area contributed by atoms with E-state index in [1.807, 2.05) is 20.8 Å². The van der Waals surface area contributed by atoms with Crippen LogP contribution in [0.5, 0.6) is 0 Å². The molecule has 0 bridgehead atoms. The van der Waals surface area contributed by atoms with Crippen LogP contribution in [0.2, 0.25) is 0 Å². The molecule has 0 atom stereocenters. The van der Waals surface area contributed by atoms with E-state index in [-0.39, 0.29) is 23.5 Å². The van der Waals surface area contributed by atoms with Crippen molar-refractivity contribution in [3.8, 4) is 0 Å². The lowest BCUT2D eigenvalue weighted by Gasteiger charge is -2.25. The summed E-state index contributed by atoms with van der Waals surface area (Å²) in [5.41, 5.74) is 4.44. The fourth-order valence-corrected chi connectivity index (χ4v) is 2.83. The van der Waals surface area contributed by atoms with Crippen molar-refractivity contribution in [2.24, 2.45) is 16.6 Å². The van der Waals surface area contributed by atoms with Gasteiger partial charge in [-0.05, 0) is 5.41 Å². The standard InChI is InChI=1S/C10H23N3O2S/c1-9(2,3)7-16(14,15)13-6-10(4,5)8(11)12/h13H,6-7H2,1-5H3,(H3,11,12). The molecular weight excluding hydrogens is 226 g/mol. The van der Waals surface area contributed by atoms with Crippen molar-refractivity contribution in [3.05, 3.63) is 0 Å². The molecule has 0 saturated heterocycles. The van der Waals surface area contributed by atoms with Crippen molar-refractivity contribution in [1.29, 1.82) is 5.41 Å². The Morgan fingerprint density at radius 1 is 1.25 bits per heavy atom. The van der Waals surface area contributed by atoms with Gasteiger partial charge in [-0.25, -0.2) is 13.1 Å². The number of amidine groups is 1. The average molecular weight is 249 g/mol. The molecule has 0 aliphatic carbocycles. The van der Waals surface area contributed by atoms with Gasteiger partial charge in [-0.1, -0.05) is 34.6 Å². The van der Waals surface area contributed by atoms with Crippen LogP contribution in [0.25, 0.3) is 0 Å². The lowest BCUT2D eigenvalue weighted by atomic mass is 9.93. The highest BCUT2D eigenvalue weighted by Crippen LogP contribution is 2.17. The van der Waals surface area contributed by atoms with Crippen LogP contribution in [-0.4, -0.2) is 26.6 Å². The van der Waals surface area contributed by atoms with Crippen LogP contribution in [-0.2, 0) is 10.0 Å². The Balaban J connectivity index is 4.48. The summed E-state index contributed by atoms with van der Waals surface area (Å²) in [6, 6.07) is 0. The molecule has 0 aliphatic heterocycles. The predicted octanol–water partition coefficient (Wildman–Crippen LogP) is 0.914. The molecule has 0 radical (unpaired) electrons. The Hall–Kier alpha value is -0.620. The van der Waals surface area contributed by atoms with E-state index < -0.39 is 15.4 Å². The smallest absolute Gasteiger partial charge is 0.212 e. The van der Waals surface area contributed by atoms with Gasteiger partial charge >= 0.3 is 0 Å². The third kappa shape index (κ3) is 6.07. The van der Waals surface area contributed by atoms with Gasteiger partial charge in [0.2, 0.25) is 10.0 Å². The summed E-state index contributed by atoms with van der Waals surface area (Å²) < 4.78 is 25.9. The van der Waals surface area contributed by atoms with E-state index in [1.165, 1.54) is 0 Å². The minimum Gasteiger partial charge on any atom is -0.387 e. The third-order valence-electron chi connectivity index (χ3n) is 2.09. The molecular formula is C10H23N3O2S. The highest BCUT2D eigenvalue weighted by molar-refractivity contribution is 7.89. The Morgan fingerprint density at radius 3 is 2.00 bits per heavy atom. The van der Waals surface area contributed by atoms with Crippen molar-refractivity contribution in [2.75, 3.05) is 12.3 Å². The van der Waals surface area contributed by atoms with Crippen LogP contribution in [0.15, 0.2) is 0 Å². The molecule has 0 saturated carbocycles. The van der Waals surface area contributed by atoms with Crippen molar-refractivity contribution in [3.63, 3.8) is 0 Å². The van der Waals surface area contributed by atoms with E-state index in [1.54, 1.807) is 13.8 Å². The predicted molar refractivity (Wildman–Crippen MR) is 66.9 cm³/mol. The molecule has 0 aliphatic rings. The molecule has 0 amide bonds. The number of rotatable bonds is 5. The van der Waals surface area contributed by atoms with E-state index >= 15 is 0 Å². The number of nitrogens with one attached hydrogen (secondary N) is 2. The molecule has 16 heavy (non-hydrogen) atoms. The van der Waals surface area contributed by atoms with Crippen LogP contribution >= 0.6 is 0 Å². The molecule has 0 aromatic carbocycles. The minimum atomic E-state index is -3.31. The van der Waals surface area contributed by atoms with Crippen LogP contribution in [0.4, 0.5) is 0 Å². The van der Waals surface area contributed by atoms with Crippen LogP contribution in [0.1, 0.15) is 34.6 Å². The lowest BCUT2D eigenvalue weighted by Crippen LogP contribution is -2.43. The zero-order valence-electron chi connectivity index (χ0n) is 10.7. The van der Waals surface area contributed by atoms with Gasteiger partial charge in [0.15, 0.2) is 0 Å². The van der Waals surface area contributed by atoms with Gasteiger partial charge in [0.25, 0.3) is 0 Å². The Morgan fingerprint density at radius 2 is 1.69 bits per heavy atom. The van der Waals surface area contributed by atoms with E-state index in [0.29, 0.717) is 0 Å². The van der Waals surface area contributed by atoms with Gasteiger partial charge in [-0.2, -0.15) is 0 Å². The average Bonchev–Trinajstić information content (AvgIpc) is 1.96. The largest absolute Gasteiger partial charge is 0.387 e. The molecule has 0 aromatic heterocycles. The second kappa shape index (κ2) is 4.71. The SMILES string of the molecule is CC(C)(C)CS(=O)(=O)NCC(C)(C)C(=N)N. The molecule has 0 heterocycles. The fraction of sp³-hybridized carbons (Fsp3) is 0.900. The van der Waals surface area contributed by atoms with Gasteiger partial charge in [0.05, 0.1) is 11.6 Å². The van der Waals surface area contributed by atoms with Gasteiger partial charge in [-0.15, -0.1) is 0 Å². The zero-order valence-corrected chi connectivity index (χ0v) is 11.5. The second-order valence-corrected chi connectivity index (χ2v) is 7.75. The second-order valence-electron chi connectivity index (χ2n) is 5.94. The topological polar surface area (TPSA) is 96.0 Å². The van der Waals surface area contributed by atoms with Crippen molar-refractivity contribution < 1.29 is 8.42 Å². The van der Waals surface area contributed by atoms with Crippen molar-refractivity contribution >= 4 is 15.9 Å². The number of hydrogen-bond acceptors (Lipinski definition) is 3.